The molecule has 3 rings (SSSR count). The summed E-state index contributed by atoms with van der Waals surface area (Å²) < 4.78 is 1.76. The van der Waals surface area contributed by atoms with E-state index in [1.165, 1.54) is 0 Å². The summed E-state index contributed by atoms with van der Waals surface area (Å²) >= 11 is 0. The maximum atomic E-state index is 12.7. The second kappa shape index (κ2) is 7.46. The van der Waals surface area contributed by atoms with E-state index >= 15 is 0 Å². The van der Waals surface area contributed by atoms with Crippen molar-refractivity contribution in [2.24, 2.45) is 5.92 Å². The number of anilines is 1. The van der Waals surface area contributed by atoms with E-state index in [2.05, 4.69) is 15.4 Å². The Morgan fingerprint density at radius 3 is 2.72 bits per heavy atom. The van der Waals surface area contributed by atoms with Crippen LogP contribution in [0.3, 0.4) is 0 Å². The number of amides is 2. The van der Waals surface area contributed by atoms with Crippen molar-refractivity contribution >= 4 is 17.5 Å². The van der Waals surface area contributed by atoms with Gasteiger partial charge in [0.25, 0.3) is 0 Å². The van der Waals surface area contributed by atoms with Crippen LogP contribution in [-0.4, -0.2) is 44.1 Å². The first-order valence-electron chi connectivity index (χ1n) is 8.56. The Morgan fingerprint density at radius 1 is 1.32 bits per heavy atom. The van der Waals surface area contributed by atoms with Gasteiger partial charge in [0.15, 0.2) is 0 Å². The molecule has 0 saturated carbocycles. The van der Waals surface area contributed by atoms with Gasteiger partial charge in [-0.15, -0.1) is 0 Å². The molecular weight excluding hydrogens is 318 g/mol. The van der Waals surface area contributed by atoms with Crippen molar-refractivity contribution in [1.82, 2.24) is 19.7 Å². The van der Waals surface area contributed by atoms with Crippen LogP contribution in [0.2, 0.25) is 0 Å². The molecule has 0 aliphatic carbocycles. The number of rotatable bonds is 6. The average Bonchev–Trinajstić information content (AvgIpc) is 3.18. The highest BCUT2D eigenvalue weighted by atomic mass is 16.2. The molecule has 7 heteroatoms. The molecule has 0 bridgehead atoms. The number of hydrogen-bond acceptors (Lipinski definition) is 4. The van der Waals surface area contributed by atoms with Gasteiger partial charge in [-0.05, 0) is 30.0 Å². The Bertz CT molecular complexity index is 741. The normalized spacial score (nSPS) is 15.6. The van der Waals surface area contributed by atoms with Gasteiger partial charge in [0.2, 0.25) is 11.8 Å². The molecule has 1 aliphatic heterocycles. The third-order valence-corrected chi connectivity index (χ3v) is 4.34. The summed E-state index contributed by atoms with van der Waals surface area (Å²) in [5.41, 5.74) is 1.72. The Hall–Kier alpha value is -2.70. The highest BCUT2D eigenvalue weighted by Gasteiger charge is 2.35. The van der Waals surface area contributed by atoms with E-state index in [9.17, 15) is 9.59 Å². The molecule has 1 saturated heterocycles. The molecular formula is C18H23N5O2. The number of pyridine rings is 1. The number of carbonyl (C=O) groups excluding carboxylic acids is 2. The van der Waals surface area contributed by atoms with E-state index in [1.807, 2.05) is 26.0 Å². The van der Waals surface area contributed by atoms with E-state index in [4.69, 9.17) is 0 Å². The second-order valence-corrected chi connectivity index (χ2v) is 6.65. The molecule has 2 amide bonds. The molecule has 132 valence electrons. The molecule has 2 aromatic heterocycles. The van der Waals surface area contributed by atoms with Gasteiger partial charge in [-0.2, -0.15) is 5.10 Å². The van der Waals surface area contributed by atoms with Crippen LogP contribution in [0.4, 0.5) is 5.69 Å². The lowest BCUT2D eigenvalue weighted by Gasteiger charge is -2.29. The summed E-state index contributed by atoms with van der Waals surface area (Å²) in [7, 11) is 0. The van der Waals surface area contributed by atoms with Crippen LogP contribution in [-0.2, 0) is 16.1 Å². The molecule has 0 radical (unpaired) electrons. The highest BCUT2D eigenvalue weighted by Crippen LogP contribution is 2.20. The minimum atomic E-state index is -0.446. The van der Waals surface area contributed by atoms with Crippen LogP contribution in [0, 0.1) is 5.92 Å². The minimum absolute atomic E-state index is 0.0499. The fraction of sp³-hybridized carbons (Fsp3) is 0.444. The van der Waals surface area contributed by atoms with Gasteiger partial charge in [0.1, 0.15) is 6.04 Å². The zero-order valence-electron chi connectivity index (χ0n) is 14.6. The van der Waals surface area contributed by atoms with Crippen LogP contribution in [0.5, 0.6) is 0 Å². The molecule has 0 aromatic carbocycles. The van der Waals surface area contributed by atoms with E-state index in [-0.39, 0.29) is 17.7 Å². The second-order valence-electron chi connectivity index (χ2n) is 6.65. The summed E-state index contributed by atoms with van der Waals surface area (Å²) in [6.45, 7) is 5.18. The van der Waals surface area contributed by atoms with Crippen LogP contribution >= 0.6 is 0 Å². The summed E-state index contributed by atoms with van der Waals surface area (Å²) in [5, 5.41) is 7.18. The van der Waals surface area contributed by atoms with Gasteiger partial charge in [-0.1, -0.05) is 13.8 Å². The first-order chi connectivity index (χ1) is 12.0. The van der Waals surface area contributed by atoms with E-state index in [0.717, 1.165) is 12.0 Å². The van der Waals surface area contributed by atoms with E-state index < -0.39 is 6.04 Å². The molecule has 1 aliphatic rings. The maximum Gasteiger partial charge on any atom is 0.247 e. The molecule has 1 fully saturated rings. The zero-order valence-corrected chi connectivity index (χ0v) is 14.6. The quantitative estimate of drug-likeness (QED) is 0.870. The average molecular weight is 341 g/mol. The van der Waals surface area contributed by atoms with Crippen molar-refractivity contribution in [1.29, 1.82) is 0 Å². The lowest BCUT2D eigenvalue weighted by Crippen LogP contribution is -2.47. The summed E-state index contributed by atoms with van der Waals surface area (Å²) in [5.74, 6) is -0.0511. The van der Waals surface area contributed by atoms with Crippen molar-refractivity contribution in [3.63, 3.8) is 0 Å². The van der Waals surface area contributed by atoms with Crippen molar-refractivity contribution in [2.45, 2.75) is 39.3 Å². The Morgan fingerprint density at radius 2 is 2.08 bits per heavy atom. The predicted molar refractivity (Wildman–Crippen MR) is 93.8 cm³/mol. The Balaban J connectivity index is 1.66. The number of hydrogen-bond donors (Lipinski definition) is 1. The maximum absolute atomic E-state index is 12.7. The van der Waals surface area contributed by atoms with Crippen molar-refractivity contribution in [3.05, 3.63) is 42.5 Å². The Kier molecular flexibility index (Phi) is 5.11. The van der Waals surface area contributed by atoms with E-state index in [1.54, 1.807) is 34.4 Å². The minimum Gasteiger partial charge on any atom is -0.330 e. The SMILES string of the molecule is CC(C)C(C(=O)Nc1cnn(Cc2ccncc2)c1)N1CCCC1=O. The fourth-order valence-electron chi connectivity index (χ4n) is 3.17. The fourth-order valence-corrected chi connectivity index (χ4v) is 3.17. The number of likely N-dealkylation sites (tertiary alicyclic amines) is 1. The molecule has 1 atom stereocenters. The van der Waals surface area contributed by atoms with Gasteiger partial charge in [-0.25, -0.2) is 0 Å². The lowest BCUT2D eigenvalue weighted by molar-refractivity contribution is -0.136. The smallest absolute Gasteiger partial charge is 0.247 e. The first-order valence-corrected chi connectivity index (χ1v) is 8.56. The largest absolute Gasteiger partial charge is 0.330 e. The first kappa shape index (κ1) is 17.1. The molecule has 0 spiro atoms. The molecule has 25 heavy (non-hydrogen) atoms. The van der Waals surface area contributed by atoms with Crippen LogP contribution in [0.15, 0.2) is 36.9 Å². The summed E-state index contributed by atoms with van der Waals surface area (Å²) in [6.07, 6.45) is 8.24. The van der Waals surface area contributed by atoms with Gasteiger partial charge < -0.3 is 10.2 Å². The van der Waals surface area contributed by atoms with Crippen LogP contribution < -0.4 is 5.32 Å². The molecule has 2 aromatic rings. The third kappa shape index (κ3) is 4.04. The summed E-state index contributed by atoms with van der Waals surface area (Å²) in [4.78, 5) is 30.4. The topological polar surface area (TPSA) is 80.1 Å². The van der Waals surface area contributed by atoms with Crippen molar-refractivity contribution < 1.29 is 9.59 Å². The lowest BCUT2D eigenvalue weighted by atomic mass is 10.0. The van der Waals surface area contributed by atoms with E-state index in [0.29, 0.717) is 25.2 Å². The summed E-state index contributed by atoms with van der Waals surface area (Å²) in [6, 6.07) is 3.40. The van der Waals surface area contributed by atoms with Gasteiger partial charge >= 0.3 is 0 Å². The molecule has 3 heterocycles. The third-order valence-electron chi connectivity index (χ3n) is 4.34. The number of carbonyl (C=O) groups is 2. The number of nitrogens with one attached hydrogen (secondary N) is 1. The van der Waals surface area contributed by atoms with Crippen molar-refractivity contribution in [3.8, 4) is 0 Å². The molecule has 1 unspecified atom stereocenters. The van der Waals surface area contributed by atoms with Crippen molar-refractivity contribution in [2.75, 3.05) is 11.9 Å². The molecule has 1 N–H and O–H groups in total. The van der Waals surface area contributed by atoms with Gasteiger partial charge in [0.05, 0.1) is 18.4 Å². The predicted octanol–water partition coefficient (Wildman–Crippen LogP) is 1.91. The van der Waals surface area contributed by atoms with Gasteiger partial charge in [0, 0.05) is 31.6 Å². The standard InChI is InChI=1S/C18H23N5O2/c1-13(2)17(23-9-3-4-16(23)24)18(25)21-15-10-20-22(12-15)11-14-5-7-19-8-6-14/h5-8,10,12-13,17H,3-4,9,11H2,1-2H3,(H,21,25). The Labute approximate surface area is 147 Å². The number of nitrogens with zero attached hydrogens (tertiary/aromatic N) is 4. The zero-order chi connectivity index (χ0) is 17.8. The molecule has 7 nitrogen and oxygen atoms in total. The highest BCUT2D eigenvalue weighted by molar-refractivity contribution is 5.97. The van der Waals surface area contributed by atoms with Crippen LogP contribution in [0.25, 0.3) is 0 Å². The van der Waals surface area contributed by atoms with Gasteiger partial charge in [-0.3, -0.25) is 19.3 Å². The van der Waals surface area contributed by atoms with Crippen LogP contribution in [0.1, 0.15) is 32.3 Å². The monoisotopic (exact) mass is 341 g/mol. The number of aromatic nitrogens is 3.